The van der Waals surface area contributed by atoms with Gasteiger partial charge >= 0.3 is 0 Å². The lowest BCUT2D eigenvalue weighted by Gasteiger charge is -2.17. The molecule has 1 nitrogen and oxygen atoms in total. The van der Waals surface area contributed by atoms with E-state index in [1.165, 1.54) is 52.2 Å². The molecule has 1 heteroatoms. The van der Waals surface area contributed by atoms with Crippen molar-refractivity contribution in [3.8, 4) is 11.1 Å². The number of rotatable bonds is 5. The van der Waals surface area contributed by atoms with Gasteiger partial charge in [0.2, 0.25) is 0 Å². The molecule has 1 atom stereocenters. The maximum Gasteiger partial charge on any atom is 0.0784 e. The molecule has 4 aromatic rings. The highest BCUT2D eigenvalue weighted by Gasteiger charge is 2.16. The fraction of sp³-hybridized carbons (Fsp3) is 0.240. The van der Waals surface area contributed by atoms with Crippen molar-refractivity contribution in [1.29, 1.82) is 0 Å². The maximum atomic E-state index is 5.23. The summed E-state index contributed by atoms with van der Waals surface area (Å²) >= 11 is 0. The summed E-state index contributed by atoms with van der Waals surface area (Å²) in [6, 6.07) is 26.0. The van der Waals surface area contributed by atoms with Gasteiger partial charge in [0.05, 0.1) is 11.2 Å². The molecule has 0 spiro atoms. The van der Waals surface area contributed by atoms with Crippen LogP contribution in [0.5, 0.6) is 0 Å². The predicted molar refractivity (Wildman–Crippen MR) is 113 cm³/mol. The molecule has 1 aromatic heterocycles. The molecule has 0 saturated heterocycles. The Balaban J connectivity index is 1.97. The lowest BCUT2D eigenvalue weighted by atomic mass is 9.91. The van der Waals surface area contributed by atoms with Crippen molar-refractivity contribution in [2.24, 2.45) is 0 Å². The summed E-state index contributed by atoms with van der Waals surface area (Å²) in [7, 11) is 0. The normalized spacial score (nSPS) is 12.5. The van der Waals surface area contributed by atoms with Crippen LogP contribution in [0, 0.1) is 0 Å². The Bertz CT molecular complexity index is 1030. The van der Waals surface area contributed by atoms with Crippen LogP contribution in [0.25, 0.3) is 32.8 Å². The minimum Gasteiger partial charge on any atom is -0.251 e. The number of hydrogen-bond donors (Lipinski definition) is 0. The minimum absolute atomic E-state index is 0.452. The van der Waals surface area contributed by atoms with Crippen molar-refractivity contribution in [2.75, 3.05) is 0 Å². The Labute approximate surface area is 155 Å². The molecule has 0 radical (unpaired) electrons. The van der Waals surface area contributed by atoms with Crippen LogP contribution in [0.1, 0.15) is 44.7 Å². The number of aromatic nitrogens is 1. The molecule has 3 aromatic carbocycles. The Kier molecular flexibility index (Phi) is 4.71. The van der Waals surface area contributed by atoms with Gasteiger partial charge in [0.15, 0.2) is 0 Å². The second kappa shape index (κ2) is 7.29. The zero-order chi connectivity index (χ0) is 17.9. The second-order valence-corrected chi connectivity index (χ2v) is 7.19. The molecule has 0 N–H and O–H groups in total. The second-order valence-electron chi connectivity index (χ2n) is 7.19. The first kappa shape index (κ1) is 16.8. The van der Waals surface area contributed by atoms with E-state index in [1.54, 1.807) is 0 Å². The van der Waals surface area contributed by atoms with Crippen LogP contribution in [0.3, 0.4) is 0 Å². The van der Waals surface area contributed by atoms with Crippen molar-refractivity contribution in [1.82, 2.24) is 4.98 Å². The van der Waals surface area contributed by atoms with E-state index in [1.807, 2.05) is 0 Å². The van der Waals surface area contributed by atoms with E-state index >= 15 is 0 Å². The highest BCUT2D eigenvalue weighted by Crippen LogP contribution is 2.35. The van der Waals surface area contributed by atoms with Gasteiger partial charge in [-0.15, -0.1) is 0 Å². The van der Waals surface area contributed by atoms with Gasteiger partial charge in [-0.1, -0.05) is 93.4 Å². The predicted octanol–water partition coefficient (Wildman–Crippen LogP) is 7.35. The maximum absolute atomic E-state index is 5.23. The molecule has 0 amide bonds. The number of pyridine rings is 1. The van der Waals surface area contributed by atoms with Crippen LogP contribution in [0.15, 0.2) is 72.8 Å². The van der Waals surface area contributed by atoms with E-state index in [0.29, 0.717) is 5.92 Å². The largest absolute Gasteiger partial charge is 0.251 e. The first-order chi connectivity index (χ1) is 12.8. The van der Waals surface area contributed by atoms with Crippen molar-refractivity contribution in [3.05, 3.63) is 78.5 Å². The molecule has 0 aliphatic rings. The summed E-state index contributed by atoms with van der Waals surface area (Å²) in [4.78, 5) is 5.23. The Morgan fingerprint density at radius 2 is 1.58 bits per heavy atom. The molecule has 4 rings (SSSR count). The van der Waals surface area contributed by atoms with Crippen molar-refractivity contribution >= 4 is 21.7 Å². The van der Waals surface area contributed by atoms with E-state index in [9.17, 15) is 0 Å². The van der Waals surface area contributed by atoms with Crippen LogP contribution >= 0.6 is 0 Å². The number of hydrogen-bond acceptors (Lipinski definition) is 1. The number of benzene rings is 3. The quantitative estimate of drug-likeness (QED) is 0.346. The molecular formula is C25H25N. The van der Waals surface area contributed by atoms with Crippen molar-refractivity contribution < 1.29 is 0 Å². The number of fused-ring (bicyclic) bond motifs is 3. The Hall–Kier alpha value is -2.67. The van der Waals surface area contributed by atoms with E-state index in [0.717, 1.165) is 5.52 Å². The third kappa shape index (κ3) is 3.10. The topological polar surface area (TPSA) is 12.9 Å². The van der Waals surface area contributed by atoms with Gasteiger partial charge in [0.1, 0.15) is 0 Å². The molecule has 0 bridgehead atoms. The molecule has 130 valence electrons. The van der Waals surface area contributed by atoms with Crippen LogP contribution < -0.4 is 0 Å². The highest BCUT2D eigenvalue weighted by molar-refractivity contribution is 6.06. The Morgan fingerprint density at radius 3 is 2.38 bits per heavy atom. The summed E-state index contributed by atoms with van der Waals surface area (Å²) in [5, 5.41) is 3.72. The number of unbranched alkanes of at least 4 members (excludes halogenated alkanes) is 1. The van der Waals surface area contributed by atoms with Gasteiger partial charge < -0.3 is 0 Å². The van der Waals surface area contributed by atoms with E-state index in [4.69, 9.17) is 4.98 Å². The third-order valence-electron chi connectivity index (χ3n) is 5.28. The summed E-state index contributed by atoms with van der Waals surface area (Å²) in [5.74, 6) is 0.452. The van der Waals surface area contributed by atoms with Gasteiger partial charge in [-0.05, 0) is 29.4 Å². The molecular weight excluding hydrogens is 314 g/mol. The molecule has 0 fully saturated rings. The fourth-order valence-corrected chi connectivity index (χ4v) is 3.79. The standard InChI is InChI=1S/C25H25N/c1-3-4-10-18(2)24-23(19-11-6-5-7-12-19)17-21-16-15-20-13-8-9-14-22(20)25(21)26-24/h5-9,11-18H,3-4,10H2,1-2H3. The van der Waals surface area contributed by atoms with Gasteiger partial charge in [-0.25, -0.2) is 0 Å². The van der Waals surface area contributed by atoms with Gasteiger partial charge in [-0.2, -0.15) is 0 Å². The first-order valence-electron chi connectivity index (χ1n) is 9.65. The molecule has 1 unspecified atom stereocenters. The van der Waals surface area contributed by atoms with Crippen LogP contribution in [-0.4, -0.2) is 4.98 Å². The summed E-state index contributed by atoms with van der Waals surface area (Å²) in [6.45, 7) is 4.58. The zero-order valence-corrected chi connectivity index (χ0v) is 15.6. The first-order valence-corrected chi connectivity index (χ1v) is 9.65. The summed E-state index contributed by atoms with van der Waals surface area (Å²) < 4.78 is 0. The van der Waals surface area contributed by atoms with Crippen LogP contribution in [0.2, 0.25) is 0 Å². The van der Waals surface area contributed by atoms with Gasteiger partial charge in [-0.3, -0.25) is 4.98 Å². The van der Waals surface area contributed by atoms with Gasteiger partial charge in [0.25, 0.3) is 0 Å². The molecule has 26 heavy (non-hydrogen) atoms. The summed E-state index contributed by atoms with van der Waals surface area (Å²) in [6.07, 6.45) is 3.64. The lowest BCUT2D eigenvalue weighted by molar-refractivity contribution is 0.614. The van der Waals surface area contributed by atoms with Gasteiger partial charge in [0, 0.05) is 16.3 Å². The van der Waals surface area contributed by atoms with Crippen molar-refractivity contribution in [3.63, 3.8) is 0 Å². The summed E-state index contributed by atoms with van der Waals surface area (Å²) in [5.41, 5.74) is 4.89. The fourth-order valence-electron chi connectivity index (χ4n) is 3.79. The highest BCUT2D eigenvalue weighted by atomic mass is 14.7. The van der Waals surface area contributed by atoms with Crippen LogP contribution in [-0.2, 0) is 0 Å². The zero-order valence-electron chi connectivity index (χ0n) is 15.6. The van der Waals surface area contributed by atoms with E-state index in [-0.39, 0.29) is 0 Å². The van der Waals surface area contributed by atoms with Crippen LogP contribution in [0.4, 0.5) is 0 Å². The lowest BCUT2D eigenvalue weighted by Crippen LogP contribution is -2.01. The molecule has 0 aliphatic heterocycles. The average molecular weight is 339 g/mol. The third-order valence-corrected chi connectivity index (χ3v) is 5.28. The SMILES string of the molecule is CCCCC(C)c1nc2c(ccc3ccccc32)cc1-c1ccccc1. The smallest absolute Gasteiger partial charge is 0.0784 e. The Morgan fingerprint density at radius 1 is 0.846 bits per heavy atom. The van der Waals surface area contributed by atoms with E-state index in [2.05, 4.69) is 86.6 Å². The number of nitrogens with zero attached hydrogens (tertiary/aromatic N) is 1. The molecule has 0 aliphatic carbocycles. The average Bonchev–Trinajstić information content (AvgIpc) is 2.71. The van der Waals surface area contributed by atoms with Crippen molar-refractivity contribution in [2.45, 2.75) is 39.0 Å². The molecule has 0 saturated carbocycles. The minimum atomic E-state index is 0.452. The molecule has 1 heterocycles. The monoisotopic (exact) mass is 339 g/mol. The van der Waals surface area contributed by atoms with E-state index < -0.39 is 0 Å².